The zero-order valence-corrected chi connectivity index (χ0v) is 21.7. The van der Waals surface area contributed by atoms with Gasteiger partial charge in [-0.1, -0.05) is 33.9 Å². The minimum absolute atomic E-state index is 0.311. The van der Waals surface area contributed by atoms with Gasteiger partial charge in [0.2, 0.25) is 0 Å². The van der Waals surface area contributed by atoms with Crippen LogP contribution >= 0.6 is 0 Å². The smallest absolute Gasteiger partial charge is 0.116 e. The number of ether oxygens (including phenoxy) is 1. The Morgan fingerprint density at radius 3 is 2.03 bits per heavy atom. The Morgan fingerprint density at radius 2 is 1.62 bits per heavy atom. The first-order chi connectivity index (χ1) is 15.3. The van der Waals surface area contributed by atoms with Crippen molar-refractivity contribution in [3.8, 4) is 0 Å². The van der Waals surface area contributed by atoms with Gasteiger partial charge in [0.1, 0.15) is 6.33 Å². The van der Waals surface area contributed by atoms with Gasteiger partial charge in [-0.3, -0.25) is 4.99 Å². The van der Waals surface area contributed by atoms with E-state index in [9.17, 15) is 0 Å². The summed E-state index contributed by atoms with van der Waals surface area (Å²) in [4.78, 5) is 12.7. The van der Waals surface area contributed by atoms with Crippen LogP contribution < -0.4 is 5.73 Å². The molecule has 3 fully saturated rings. The van der Waals surface area contributed by atoms with Gasteiger partial charge >= 0.3 is 0 Å². The standard InChI is InChI=1S/C13H23NO.C12H17N3.C2H6/c1-11(15-2)13-6-3-12(4-7-13,5-8-13)9-10-14;1-6-10(13-5)12-9(4)11(8(2)3)14-7-15-12;1-2/h1,3-10,14H2,2H3;7H,2,6H2,1,3-5H3;1-2H3. The number of rotatable bonds is 7. The number of fused-ring (bicyclic) bond motifs is 3. The summed E-state index contributed by atoms with van der Waals surface area (Å²) in [5.41, 5.74) is 11.5. The molecule has 4 rings (SSSR count). The molecule has 5 nitrogen and oxygen atoms in total. The van der Waals surface area contributed by atoms with Crippen molar-refractivity contribution in [2.24, 2.45) is 21.6 Å². The monoisotopic (exact) mass is 442 g/mol. The number of allylic oxidation sites excluding steroid dienone is 2. The van der Waals surface area contributed by atoms with E-state index in [2.05, 4.69) is 35.0 Å². The highest BCUT2D eigenvalue weighted by Gasteiger charge is 2.49. The van der Waals surface area contributed by atoms with Gasteiger partial charge in [-0.15, -0.1) is 0 Å². The highest BCUT2D eigenvalue weighted by molar-refractivity contribution is 6.00. The van der Waals surface area contributed by atoms with Crippen LogP contribution in [0.1, 0.15) is 96.0 Å². The highest BCUT2D eigenvalue weighted by atomic mass is 16.5. The maximum atomic E-state index is 5.71. The molecule has 1 heterocycles. The molecule has 0 radical (unpaired) electrons. The van der Waals surface area contributed by atoms with Crippen molar-refractivity contribution in [1.29, 1.82) is 0 Å². The molecule has 32 heavy (non-hydrogen) atoms. The van der Waals surface area contributed by atoms with Crippen molar-refractivity contribution < 1.29 is 4.74 Å². The molecule has 3 aliphatic rings. The second-order valence-electron chi connectivity index (χ2n) is 8.95. The Balaban J connectivity index is 0.000000297. The molecule has 3 aliphatic carbocycles. The van der Waals surface area contributed by atoms with Crippen LogP contribution in [0.2, 0.25) is 0 Å². The Hall–Kier alpha value is -2.01. The summed E-state index contributed by atoms with van der Waals surface area (Å²) in [5.74, 6) is 1.02. The summed E-state index contributed by atoms with van der Waals surface area (Å²) >= 11 is 0. The number of hydrogen-bond donors (Lipinski definition) is 1. The number of nitrogens with two attached hydrogens (primary N) is 1. The SMILES string of the molecule is C=C(C)c1ncnc(C(CC)=NC)c1C.C=C(OC)C12CCC(CCN)(CC1)CC2.CC. The quantitative estimate of drug-likeness (QED) is 0.386. The van der Waals surface area contributed by atoms with E-state index in [1.54, 1.807) is 20.5 Å². The predicted molar refractivity (Wildman–Crippen MR) is 138 cm³/mol. The number of hydrogen-bond acceptors (Lipinski definition) is 5. The van der Waals surface area contributed by atoms with Crippen LogP contribution in [-0.2, 0) is 4.74 Å². The minimum Gasteiger partial charge on any atom is -0.501 e. The Labute approximate surface area is 196 Å². The summed E-state index contributed by atoms with van der Waals surface area (Å²) in [6, 6.07) is 0. The third-order valence-electron chi connectivity index (χ3n) is 7.28. The van der Waals surface area contributed by atoms with Crippen molar-refractivity contribution in [3.63, 3.8) is 0 Å². The van der Waals surface area contributed by atoms with E-state index >= 15 is 0 Å². The zero-order valence-electron chi connectivity index (χ0n) is 21.7. The number of nitrogens with zero attached hydrogens (tertiary/aromatic N) is 3. The van der Waals surface area contributed by atoms with Crippen LogP contribution in [0, 0.1) is 17.8 Å². The first-order valence-electron chi connectivity index (χ1n) is 12.1. The summed E-state index contributed by atoms with van der Waals surface area (Å²) in [6.07, 6.45) is 11.4. The van der Waals surface area contributed by atoms with Crippen molar-refractivity contribution in [2.75, 3.05) is 20.7 Å². The lowest BCUT2D eigenvalue weighted by atomic mass is 9.52. The van der Waals surface area contributed by atoms with Crippen LogP contribution in [-0.4, -0.2) is 36.4 Å². The molecule has 2 N–H and O–H groups in total. The Morgan fingerprint density at radius 1 is 1.09 bits per heavy atom. The minimum atomic E-state index is 0.311. The summed E-state index contributed by atoms with van der Waals surface area (Å²) in [7, 11) is 3.55. The van der Waals surface area contributed by atoms with Crippen LogP contribution in [0.4, 0.5) is 0 Å². The van der Waals surface area contributed by atoms with Crippen molar-refractivity contribution in [2.45, 2.75) is 86.0 Å². The largest absolute Gasteiger partial charge is 0.501 e. The van der Waals surface area contributed by atoms with Gasteiger partial charge in [0.15, 0.2) is 0 Å². The summed E-state index contributed by atoms with van der Waals surface area (Å²) in [5, 5.41) is 0. The molecule has 0 aromatic carbocycles. The fourth-order valence-electron chi connectivity index (χ4n) is 5.18. The Kier molecular flexibility index (Phi) is 11.3. The molecule has 3 saturated carbocycles. The van der Waals surface area contributed by atoms with E-state index in [1.165, 1.54) is 44.9 Å². The molecular weight excluding hydrogens is 396 g/mol. The molecule has 0 saturated heterocycles. The van der Waals surface area contributed by atoms with E-state index in [0.29, 0.717) is 10.8 Å². The van der Waals surface area contributed by atoms with Gasteiger partial charge in [-0.2, -0.15) is 0 Å². The molecule has 0 unspecified atom stereocenters. The number of methoxy groups -OCH3 is 1. The van der Waals surface area contributed by atoms with E-state index in [4.69, 9.17) is 10.5 Å². The molecule has 0 atom stereocenters. The van der Waals surface area contributed by atoms with Gasteiger partial charge in [0.05, 0.1) is 30.0 Å². The first kappa shape index (κ1) is 28.0. The van der Waals surface area contributed by atoms with Gasteiger partial charge in [0.25, 0.3) is 0 Å². The first-order valence-corrected chi connectivity index (χ1v) is 12.1. The number of aromatic nitrogens is 2. The topological polar surface area (TPSA) is 73.4 Å². The lowest BCUT2D eigenvalue weighted by molar-refractivity contribution is -0.0184. The van der Waals surface area contributed by atoms with Gasteiger partial charge in [0, 0.05) is 18.0 Å². The van der Waals surface area contributed by atoms with E-state index in [-0.39, 0.29) is 0 Å². The molecule has 1 aromatic heterocycles. The van der Waals surface area contributed by atoms with Crippen molar-refractivity contribution in [3.05, 3.63) is 42.2 Å². The molecule has 180 valence electrons. The van der Waals surface area contributed by atoms with Crippen LogP contribution in [0.25, 0.3) is 5.57 Å². The third-order valence-corrected chi connectivity index (χ3v) is 7.28. The normalized spacial score (nSPS) is 23.9. The lowest BCUT2D eigenvalue weighted by Gasteiger charge is -2.53. The van der Waals surface area contributed by atoms with Crippen molar-refractivity contribution in [1.82, 2.24) is 9.97 Å². The zero-order chi connectivity index (χ0) is 24.4. The molecular formula is C27H46N4O. The molecule has 2 bridgehead atoms. The predicted octanol–water partition coefficient (Wildman–Crippen LogP) is 6.51. The molecule has 0 aliphatic heterocycles. The van der Waals surface area contributed by atoms with E-state index in [0.717, 1.165) is 47.0 Å². The highest BCUT2D eigenvalue weighted by Crippen LogP contribution is 2.60. The second kappa shape index (κ2) is 12.9. The Bertz CT molecular complexity index is 772. The van der Waals surface area contributed by atoms with Crippen LogP contribution in [0.3, 0.4) is 0 Å². The molecule has 1 aromatic rings. The average Bonchev–Trinajstić information content (AvgIpc) is 2.83. The summed E-state index contributed by atoms with van der Waals surface area (Å²) < 4.78 is 5.38. The maximum Gasteiger partial charge on any atom is 0.116 e. The molecule has 0 spiro atoms. The number of aliphatic imine (C=N–C) groups is 1. The van der Waals surface area contributed by atoms with Gasteiger partial charge in [-0.05, 0) is 82.7 Å². The van der Waals surface area contributed by atoms with Crippen LogP contribution in [0.5, 0.6) is 0 Å². The lowest BCUT2D eigenvalue weighted by Crippen LogP contribution is -2.43. The second-order valence-corrected chi connectivity index (χ2v) is 8.95. The van der Waals surface area contributed by atoms with Gasteiger partial charge < -0.3 is 10.5 Å². The van der Waals surface area contributed by atoms with Gasteiger partial charge in [-0.25, -0.2) is 9.97 Å². The van der Waals surface area contributed by atoms with E-state index < -0.39 is 0 Å². The average molecular weight is 443 g/mol. The van der Waals surface area contributed by atoms with Crippen LogP contribution in [0.15, 0.2) is 30.2 Å². The maximum absolute atomic E-state index is 5.71. The summed E-state index contributed by atoms with van der Waals surface area (Å²) in [6.45, 7) is 18.9. The fraction of sp³-hybridized carbons (Fsp3) is 0.667. The molecule has 5 heteroatoms. The van der Waals surface area contributed by atoms with Crippen molar-refractivity contribution >= 4 is 11.3 Å². The van der Waals surface area contributed by atoms with E-state index in [1.807, 2.05) is 27.7 Å². The fourth-order valence-corrected chi connectivity index (χ4v) is 5.18. The molecule has 0 amide bonds. The third kappa shape index (κ3) is 6.28.